The standard InChI is InChI=1S/C13H15N3O4S/c1-8(17)9-7-21-13(14-9)15-10(18)3-2-6-16-11(19)4-5-12(16)20/h7H,2-6H2,1H3,(H,14,15,18). The van der Waals surface area contributed by atoms with Gasteiger partial charge in [0.15, 0.2) is 10.9 Å². The molecule has 2 heterocycles. The van der Waals surface area contributed by atoms with E-state index in [9.17, 15) is 19.2 Å². The predicted molar refractivity (Wildman–Crippen MR) is 75.9 cm³/mol. The number of likely N-dealkylation sites (tertiary alicyclic amines) is 1. The minimum Gasteiger partial charge on any atom is -0.302 e. The lowest BCUT2D eigenvalue weighted by atomic mass is 10.3. The first kappa shape index (κ1) is 15.3. The third-order valence-corrected chi connectivity index (χ3v) is 3.81. The van der Waals surface area contributed by atoms with Gasteiger partial charge in [0.25, 0.3) is 0 Å². The minimum atomic E-state index is -0.251. The Hall–Kier alpha value is -2.09. The zero-order chi connectivity index (χ0) is 15.4. The van der Waals surface area contributed by atoms with Crippen molar-refractivity contribution in [3.8, 4) is 0 Å². The summed E-state index contributed by atoms with van der Waals surface area (Å²) in [4.78, 5) is 50.7. The number of hydrogen-bond acceptors (Lipinski definition) is 6. The molecule has 0 spiro atoms. The largest absolute Gasteiger partial charge is 0.302 e. The number of ketones is 1. The highest BCUT2D eigenvalue weighted by molar-refractivity contribution is 7.14. The molecule has 0 atom stereocenters. The van der Waals surface area contributed by atoms with Crippen LogP contribution in [-0.2, 0) is 14.4 Å². The molecule has 0 aromatic carbocycles. The summed E-state index contributed by atoms with van der Waals surface area (Å²) in [5, 5.41) is 4.55. The molecule has 0 unspecified atom stereocenters. The van der Waals surface area contributed by atoms with Crippen LogP contribution in [-0.4, -0.2) is 39.9 Å². The number of Topliss-reactive ketones (excluding diaryl/α,β-unsaturated/α-hetero) is 1. The summed E-state index contributed by atoms with van der Waals surface area (Å²) in [6.45, 7) is 1.67. The van der Waals surface area contributed by atoms with Crippen molar-refractivity contribution in [3.05, 3.63) is 11.1 Å². The Kier molecular flexibility index (Phi) is 4.79. The molecule has 7 nitrogen and oxygen atoms in total. The molecule has 1 aromatic heterocycles. The van der Waals surface area contributed by atoms with Gasteiger partial charge in [-0.1, -0.05) is 0 Å². The van der Waals surface area contributed by atoms with Gasteiger partial charge in [0.1, 0.15) is 5.69 Å². The van der Waals surface area contributed by atoms with Crippen molar-refractivity contribution in [2.45, 2.75) is 32.6 Å². The molecule has 1 aliphatic heterocycles. The van der Waals surface area contributed by atoms with E-state index in [4.69, 9.17) is 0 Å². The van der Waals surface area contributed by atoms with Crippen LogP contribution in [0.25, 0.3) is 0 Å². The predicted octanol–water partition coefficient (Wildman–Crippen LogP) is 1.21. The number of nitrogens with one attached hydrogen (secondary N) is 1. The maximum absolute atomic E-state index is 11.7. The Balaban J connectivity index is 1.75. The van der Waals surface area contributed by atoms with E-state index in [2.05, 4.69) is 10.3 Å². The molecule has 2 rings (SSSR count). The van der Waals surface area contributed by atoms with Crippen LogP contribution in [0.1, 0.15) is 43.1 Å². The van der Waals surface area contributed by atoms with E-state index in [0.29, 0.717) is 17.2 Å². The fourth-order valence-corrected chi connectivity index (χ4v) is 2.71. The van der Waals surface area contributed by atoms with E-state index in [1.807, 2.05) is 0 Å². The van der Waals surface area contributed by atoms with E-state index >= 15 is 0 Å². The van der Waals surface area contributed by atoms with E-state index in [-0.39, 0.29) is 49.3 Å². The highest BCUT2D eigenvalue weighted by Crippen LogP contribution is 2.16. The molecule has 1 aliphatic rings. The molecular formula is C13H15N3O4S. The number of aromatic nitrogens is 1. The number of rotatable bonds is 6. The fraction of sp³-hybridized carbons (Fsp3) is 0.462. The number of anilines is 1. The number of imide groups is 1. The van der Waals surface area contributed by atoms with Crippen LogP contribution in [0.2, 0.25) is 0 Å². The van der Waals surface area contributed by atoms with Crippen LogP contribution in [0, 0.1) is 0 Å². The number of amides is 3. The van der Waals surface area contributed by atoms with Crippen LogP contribution < -0.4 is 5.32 Å². The number of hydrogen-bond donors (Lipinski definition) is 1. The Morgan fingerprint density at radius 1 is 1.33 bits per heavy atom. The molecule has 1 aromatic rings. The van der Waals surface area contributed by atoms with Gasteiger partial charge >= 0.3 is 0 Å². The molecule has 3 amide bonds. The van der Waals surface area contributed by atoms with E-state index in [0.717, 1.165) is 0 Å². The minimum absolute atomic E-state index is 0.155. The number of carbonyl (C=O) groups excluding carboxylic acids is 4. The number of carbonyl (C=O) groups is 4. The summed E-state index contributed by atoms with van der Waals surface area (Å²) in [5.74, 6) is -0.755. The van der Waals surface area contributed by atoms with Crippen molar-refractivity contribution >= 4 is 40.0 Å². The number of nitrogens with zero attached hydrogens (tertiary/aromatic N) is 2. The van der Waals surface area contributed by atoms with Crippen LogP contribution in [0.15, 0.2) is 5.38 Å². The summed E-state index contributed by atoms with van der Waals surface area (Å²) >= 11 is 1.18. The third-order valence-electron chi connectivity index (χ3n) is 3.05. The summed E-state index contributed by atoms with van der Waals surface area (Å²) in [5.41, 5.74) is 0.323. The lowest BCUT2D eigenvalue weighted by Gasteiger charge is -2.12. The monoisotopic (exact) mass is 309 g/mol. The molecule has 0 bridgehead atoms. The molecule has 0 saturated carbocycles. The highest BCUT2D eigenvalue weighted by atomic mass is 32.1. The second kappa shape index (κ2) is 6.57. The average Bonchev–Trinajstić information content (AvgIpc) is 3.00. The zero-order valence-electron chi connectivity index (χ0n) is 11.5. The second-order valence-electron chi connectivity index (χ2n) is 4.68. The molecule has 8 heteroatoms. The van der Waals surface area contributed by atoms with Gasteiger partial charge in [-0.3, -0.25) is 24.1 Å². The molecule has 1 saturated heterocycles. The lowest BCUT2D eigenvalue weighted by molar-refractivity contribution is -0.138. The van der Waals surface area contributed by atoms with Gasteiger partial charge in [0.05, 0.1) is 0 Å². The summed E-state index contributed by atoms with van der Waals surface area (Å²) < 4.78 is 0. The van der Waals surface area contributed by atoms with Gasteiger partial charge in [-0.25, -0.2) is 4.98 Å². The van der Waals surface area contributed by atoms with E-state index < -0.39 is 0 Å². The van der Waals surface area contributed by atoms with Crippen molar-refractivity contribution in [1.82, 2.24) is 9.88 Å². The molecule has 0 aliphatic carbocycles. The van der Waals surface area contributed by atoms with Crippen LogP contribution in [0.5, 0.6) is 0 Å². The van der Waals surface area contributed by atoms with Gasteiger partial charge < -0.3 is 5.32 Å². The van der Waals surface area contributed by atoms with Gasteiger partial charge in [0.2, 0.25) is 17.7 Å². The molecule has 0 radical (unpaired) electrons. The second-order valence-corrected chi connectivity index (χ2v) is 5.54. The maximum Gasteiger partial charge on any atom is 0.229 e. The van der Waals surface area contributed by atoms with E-state index in [1.54, 1.807) is 5.38 Å². The van der Waals surface area contributed by atoms with Crippen LogP contribution in [0.4, 0.5) is 5.13 Å². The van der Waals surface area contributed by atoms with Gasteiger partial charge in [-0.15, -0.1) is 11.3 Å². The summed E-state index contributed by atoms with van der Waals surface area (Å²) in [7, 11) is 0. The first-order chi connectivity index (χ1) is 9.97. The van der Waals surface area contributed by atoms with Crippen molar-refractivity contribution in [2.24, 2.45) is 0 Å². The van der Waals surface area contributed by atoms with Gasteiger partial charge in [-0.2, -0.15) is 0 Å². The molecule has 21 heavy (non-hydrogen) atoms. The van der Waals surface area contributed by atoms with Crippen molar-refractivity contribution in [3.63, 3.8) is 0 Å². The average molecular weight is 309 g/mol. The maximum atomic E-state index is 11.7. The quantitative estimate of drug-likeness (QED) is 0.629. The lowest BCUT2D eigenvalue weighted by Crippen LogP contribution is -2.30. The molecular weight excluding hydrogens is 294 g/mol. The van der Waals surface area contributed by atoms with Crippen molar-refractivity contribution in [1.29, 1.82) is 0 Å². The van der Waals surface area contributed by atoms with Gasteiger partial charge in [0, 0.05) is 38.1 Å². The summed E-state index contributed by atoms with van der Waals surface area (Å²) in [6.07, 6.45) is 1.12. The smallest absolute Gasteiger partial charge is 0.229 e. The van der Waals surface area contributed by atoms with Crippen LogP contribution in [0.3, 0.4) is 0 Å². The van der Waals surface area contributed by atoms with Gasteiger partial charge in [-0.05, 0) is 6.42 Å². The first-order valence-corrected chi connectivity index (χ1v) is 7.45. The first-order valence-electron chi connectivity index (χ1n) is 6.57. The molecule has 112 valence electrons. The topological polar surface area (TPSA) is 96.4 Å². The Bertz CT molecular complexity index is 580. The zero-order valence-corrected chi connectivity index (χ0v) is 12.4. The Morgan fingerprint density at radius 2 is 2.00 bits per heavy atom. The highest BCUT2D eigenvalue weighted by Gasteiger charge is 2.28. The number of thiazole rings is 1. The normalized spacial score (nSPS) is 14.6. The SMILES string of the molecule is CC(=O)c1csc(NC(=O)CCCN2C(=O)CCC2=O)n1. The molecule has 1 fully saturated rings. The third kappa shape index (κ3) is 3.94. The Morgan fingerprint density at radius 3 is 2.57 bits per heavy atom. The fourth-order valence-electron chi connectivity index (χ4n) is 1.94. The van der Waals surface area contributed by atoms with Crippen LogP contribution >= 0.6 is 11.3 Å². The van der Waals surface area contributed by atoms with E-state index in [1.165, 1.54) is 23.2 Å². The Labute approximate surface area is 125 Å². The van der Waals surface area contributed by atoms with Crippen molar-refractivity contribution < 1.29 is 19.2 Å². The summed E-state index contributed by atoms with van der Waals surface area (Å²) in [6, 6.07) is 0. The molecule has 1 N–H and O–H groups in total. The van der Waals surface area contributed by atoms with Crippen molar-refractivity contribution in [2.75, 3.05) is 11.9 Å².